The van der Waals surface area contributed by atoms with E-state index >= 15 is 0 Å². The molecule has 0 radical (unpaired) electrons. The molecule has 2 aliphatic rings. The SMILES string of the molecule is O=C([C@@H]1CC=CCC1)N1CCN(S(=O)(=O)c2ccc(F)c(F)c2)CC1. The first kappa shape index (κ1) is 18.0. The molecular formula is C17H20F2N2O3S. The first-order valence-corrected chi connectivity index (χ1v) is 9.72. The molecule has 1 aromatic rings. The molecule has 0 N–H and O–H groups in total. The van der Waals surface area contributed by atoms with Gasteiger partial charge in [-0.3, -0.25) is 4.79 Å². The number of hydrogen-bond acceptors (Lipinski definition) is 3. The Morgan fingerprint density at radius 3 is 2.36 bits per heavy atom. The van der Waals surface area contributed by atoms with Crippen molar-refractivity contribution in [1.29, 1.82) is 0 Å². The van der Waals surface area contributed by atoms with Crippen LogP contribution in [0.15, 0.2) is 35.2 Å². The number of allylic oxidation sites excluding steroid dienone is 2. The van der Waals surface area contributed by atoms with Gasteiger partial charge in [-0.1, -0.05) is 12.2 Å². The van der Waals surface area contributed by atoms with Crippen LogP contribution >= 0.6 is 0 Å². The molecule has 0 bridgehead atoms. The fraction of sp³-hybridized carbons (Fsp3) is 0.471. The van der Waals surface area contributed by atoms with E-state index in [0.29, 0.717) is 19.2 Å². The van der Waals surface area contributed by atoms with Crippen LogP contribution in [0.25, 0.3) is 0 Å². The normalized spacial score (nSPS) is 22.2. The standard InChI is InChI=1S/C17H20F2N2O3S/c18-15-7-6-14(12-16(15)19)25(23,24)21-10-8-20(9-11-21)17(22)13-4-2-1-3-5-13/h1-2,6-7,12-13H,3-5,8-11H2/t13-/m1/s1. The van der Waals surface area contributed by atoms with Gasteiger partial charge in [-0.15, -0.1) is 0 Å². The van der Waals surface area contributed by atoms with E-state index in [1.807, 2.05) is 6.08 Å². The second-order valence-electron chi connectivity index (χ2n) is 6.29. The van der Waals surface area contributed by atoms with Crippen molar-refractivity contribution >= 4 is 15.9 Å². The number of amides is 1. The van der Waals surface area contributed by atoms with Gasteiger partial charge in [-0.25, -0.2) is 17.2 Å². The highest BCUT2D eigenvalue weighted by atomic mass is 32.2. The van der Waals surface area contributed by atoms with Crippen molar-refractivity contribution in [2.45, 2.75) is 24.2 Å². The van der Waals surface area contributed by atoms with E-state index in [0.717, 1.165) is 31.4 Å². The van der Waals surface area contributed by atoms with Gasteiger partial charge in [0.25, 0.3) is 0 Å². The smallest absolute Gasteiger partial charge is 0.243 e. The van der Waals surface area contributed by atoms with Crippen LogP contribution in [0.5, 0.6) is 0 Å². The lowest BCUT2D eigenvalue weighted by Gasteiger charge is -2.36. The summed E-state index contributed by atoms with van der Waals surface area (Å²) in [4.78, 5) is 13.9. The van der Waals surface area contributed by atoms with Gasteiger partial charge in [-0.05, 0) is 37.5 Å². The van der Waals surface area contributed by atoms with Crippen molar-refractivity contribution in [1.82, 2.24) is 9.21 Å². The quantitative estimate of drug-likeness (QED) is 0.766. The van der Waals surface area contributed by atoms with Crippen LogP contribution in [0.1, 0.15) is 19.3 Å². The summed E-state index contributed by atoms with van der Waals surface area (Å²) in [5.41, 5.74) is 0. The molecule has 1 atom stereocenters. The first-order valence-electron chi connectivity index (χ1n) is 8.28. The zero-order chi connectivity index (χ0) is 18.0. The van der Waals surface area contributed by atoms with Crippen LogP contribution in [0.3, 0.4) is 0 Å². The highest BCUT2D eigenvalue weighted by Gasteiger charge is 2.32. The number of carbonyl (C=O) groups is 1. The Balaban J connectivity index is 1.65. The third-order valence-corrected chi connectivity index (χ3v) is 6.59. The molecule has 5 nitrogen and oxygen atoms in total. The summed E-state index contributed by atoms with van der Waals surface area (Å²) >= 11 is 0. The van der Waals surface area contributed by atoms with Gasteiger partial charge in [0.15, 0.2) is 11.6 Å². The first-order chi connectivity index (χ1) is 11.9. The lowest BCUT2D eigenvalue weighted by atomic mass is 9.93. The third-order valence-electron chi connectivity index (χ3n) is 4.70. The largest absolute Gasteiger partial charge is 0.340 e. The number of piperazine rings is 1. The van der Waals surface area contributed by atoms with E-state index in [2.05, 4.69) is 6.08 Å². The second kappa shape index (κ2) is 7.21. The Hall–Kier alpha value is -1.80. The van der Waals surface area contributed by atoms with E-state index in [4.69, 9.17) is 0 Å². The number of benzene rings is 1. The highest BCUT2D eigenvalue weighted by molar-refractivity contribution is 7.89. The Bertz CT molecular complexity index is 787. The number of halogens is 2. The molecule has 3 rings (SSSR count). The lowest BCUT2D eigenvalue weighted by Crippen LogP contribution is -2.51. The topological polar surface area (TPSA) is 57.7 Å². The lowest BCUT2D eigenvalue weighted by molar-refractivity contribution is -0.137. The van der Waals surface area contributed by atoms with Gasteiger partial charge >= 0.3 is 0 Å². The third kappa shape index (κ3) is 3.74. The molecule has 1 aliphatic carbocycles. The minimum Gasteiger partial charge on any atom is -0.340 e. The fourth-order valence-electron chi connectivity index (χ4n) is 3.21. The van der Waals surface area contributed by atoms with E-state index < -0.39 is 21.7 Å². The molecule has 136 valence electrons. The summed E-state index contributed by atoms with van der Waals surface area (Å²) in [7, 11) is -3.90. The van der Waals surface area contributed by atoms with Crippen LogP contribution in [0.4, 0.5) is 8.78 Å². The van der Waals surface area contributed by atoms with Crippen molar-refractivity contribution < 1.29 is 22.0 Å². The second-order valence-corrected chi connectivity index (χ2v) is 8.22. The highest BCUT2D eigenvalue weighted by Crippen LogP contribution is 2.23. The molecule has 0 saturated carbocycles. The van der Waals surface area contributed by atoms with Crippen LogP contribution in [0.2, 0.25) is 0 Å². The number of nitrogens with zero attached hydrogens (tertiary/aromatic N) is 2. The van der Waals surface area contributed by atoms with Crippen molar-refractivity contribution in [2.75, 3.05) is 26.2 Å². The molecule has 8 heteroatoms. The number of hydrogen-bond donors (Lipinski definition) is 0. The molecule has 1 aliphatic heterocycles. The van der Waals surface area contributed by atoms with Gasteiger partial charge in [0.2, 0.25) is 15.9 Å². The van der Waals surface area contributed by atoms with Crippen molar-refractivity contribution in [3.63, 3.8) is 0 Å². The molecule has 25 heavy (non-hydrogen) atoms. The molecule has 1 aromatic carbocycles. The molecule has 1 saturated heterocycles. The van der Waals surface area contributed by atoms with Crippen molar-refractivity contribution in [3.05, 3.63) is 42.0 Å². The van der Waals surface area contributed by atoms with Crippen LogP contribution in [0, 0.1) is 17.6 Å². The number of rotatable bonds is 3. The summed E-state index contributed by atoms with van der Waals surface area (Å²) < 4.78 is 52.7. The average Bonchev–Trinajstić information content (AvgIpc) is 2.64. The summed E-state index contributed by atoms with van der Waals surface area (Å²) in [6.45, 7) is 0.912. The summed E-state index contributed by atoms with van der Waals surface area (Å²) in [6.07, 6.45) is 6.52. The van der Waals surface area contributed by atoms with E-state index in [1.54, 1.807) is 4.90 Å². The van der Waals surface area contributed by atoms with Crippen molar-refractivity contribution in [2.24, 2.45) is 5.92 Å². The molecule has 0 unspecified atom stereocenters. The van der Waals surface area contributed by atoms with Crippen LogP contribution in [-0.2, 0) is 14.8 Å². The van der Waals surface area contributed by atoms with Crippen LogP contribution < -0.4 is 0 Å². The minimum absolute atomic E-state index is 0.0284. The van der Waals surface area contributed by atoms with E-state index in [9.17, 15) is 22.0 Å². The molecule has 1 heterocycles. The maximum Gasteiger partial charge on any atom is 0.243 e. The monoisotopic (exact) mass is 370 g/mol. The maximum atomic E-state index is 13.3. The van der Waals surface area contributed by atoms with Gasteiger partial charge in [0.05, 0.1) is 4.90 Å². The summed E-state index contributed by atoms with van der Waals surface area (Å²) in [5.74, 6) is -2.25. The molecular weight excluding hydrogens is 350 g/mol. The van der Waals surface area contributed by atoms with Crippen LogP contribution in [-0.4, -0.2) is 49.7 Å². The fourth-order valence-corrected chi connectivity index (χ4v) is 4.65. The predicted molar refractivity (Wildman–Crippen MR) is 88.2 cm³/mol. The van der Waals surface area contributed by atoms with Gasteiger partial charge < -0.3 is 4.90 Å². The predicted octanol–water partition coefficient (Wildman–Crippen LogP) is 2.15. The molecule has 0 spiro atoms. The zero-order valence-electron chi connectivity index (χ0n) is 13.7. The Labute approximate surface area is 146 Å². The minimum atomic E-state index is -3.90. The van der Waals surface area contributed by atoms with Gasteiger partial charge in [0.1, 0.15) is 0 Å². The molecule has 1 fully saturated rings. The van der Waals surface area contributed by atoms with Gasteiger partial charge in [-0.2, -0.15) is 4.31 Å². The molecule has 1 amide bonds. The maximum absolute atomic E-state index is 13.3. The number of sulfonamides is 1. The Morgan fingerprint density at radius 2 is 1.76 bits per heavy atom. The number of carbonyl (C=O) groups excluding carboxylic acids is 1. The Morgan fingerprint density at radius 1 is 1.04 bits per heavy atom. The van der Waals surface area contributed by atoms with E-state index in [-0.39, 0.29) is 29.8 Å². The zero-order valence-corrected chi connectivity index (χ0v) is 14.5. The summed E-state index contributed by atoms with van der Waals surface area (Å²) in [6, 6.07) is 2.55. The Kier molecular flexibility index (Phi) is 5.19. The van der Waals surface area contributed by atoms with Crippen molar-refractivity contribution in [3.8, 4) is 0 Å². The van der Waals surface area contributed by atoms with E-state index in [1.165, 1.54) is 4.31 Å². The molecule has 0 aromatic heterocycles. The van der Waals surface area contributed by atoms with Gasteiger partial charge in [0, 0.05) is 32.1 Å². The summed E-state index contributed by atoms with van der Waals surface area (Å²) in [5, 5.41) is 0. The average molecular weight is 370 g/mol.